The van der Waals surface area contributed by atoms with E-state index in [1.165, 1.54) is 13.5 Å². The van der Waals surface area contributed by atoms with Crippen LogP contribution in [0.25, 0.3) is 11.0 Å². The average molecular weight is 385 g/mol. The molecule has 1 saturated carbocycles. The summed E-state index contributed by atoms with van der Waals surface area (Å²) in [5.41, 5.74) is -0.167. The molecule has 0 aliphatic heterocycles. The average Bonchev–Trinajstić information content (AvgIpc) is 2.68. The maximum atomic E-state index is 13.3. The highest BCUT2D eigenvalue weighted by Crippen LogP contribution is 2.23. The van der Waals surface area contributed by atoms with Crippen molar-refractivity contribution in [3.05, 3.63) is 46.3 Å². The van der Waals surface area contributed by atoms with Gasteiger partial charge in [-0.15, -0.1) is 0 Å². The van der Waals surface area contributed by atoms with Crippen LogP contribution in [0.4, 0.5) is 0 Å². The number of carbonyl (C=O) groups is 2. The molecule has 150 valence electrons. The molecular formula is C22H27NO5. The van der Waals surface area contributed by atoms with Gasteiger partial charge in [0, 0.05) is 18.0 Å². The Bertz CT molecular complexity index is 880. The zero-order chi connectivity index (χ0) is 19.9. The van der Waals surface area contributed by atoms with E-state index < -0.39 is 5.63 Å². The van der Waals surface area contributed by atoms with E-state index >= 15 is 0 Å². The lowest BCUT2D eigenvalue weighted by atomic mass is 9.95. The van der Waals surface area contributed by atoms with E-state index in [4.69, 9.17) is 9.15 Å². The van der Waals surface area contributed by atoms with Crippen molar-refractivity contribution in [2.75, 3.05) is 13.7 Å². The smallest absolute Gasteiger partial charge is 0.349 e. The van der Waals surface area contributed by atoms with E-state index in [0.29, 0.717) is 11.0 Å². The highest BCUT2D eigenvalue weighted by Gasteiger charge is 2.28. The van der Waals surface area contributed by atoms with Crippen molar-refractivity contribution in [3.63, 3.8) is 0 Å². The molecule has 1 aliphatic rings. The third kappa shape index (κ3) is 4.80. The maximum absolute atomic E-state index is 13.3. The Hall–Kier alpha value is -2.63. The van der Waals surface area contributed by atoms with Gasteiger partial charge in [-0.3, -0.25) is 9.59 Å². The third-order valence-corrected chi connectivity index (χ3v) is 5.43. The van der Waals surface area contributed by atoms with Gasteiger partial charge in [0.2, 0.25) is 0 Å². The molecule has 1 aromatic carbocycles. The predicted octanol–water partition coefficient (Wildman–Crippen LogP) is 3.91. The van der Waals surface area contributed by atoms with Crippen LogP contribution >= 0.6 is 0 Å². The summed E-state index contributed by atoms with van der Waals surface area (Å²) in [7, 11) is 1.34. The van der Waals surface area contributed by atoms with Gasteiger partial charge in [0.1, 0.15) is 11.1 Å². The number of carbonyl (C=O) groups excluding carboxylic acids is 2. The molecule has 3 rings (SSSR count). The monoisotopic (exact) mass is 385 g/mol. The topological polar surface area (TPSA) is 76.8 Å². The highest BCUT2D eigenvalue weighted by atomic mass is 16.5. The molecule has 6 nitrogen and oxygen atoms in total. The SMILES string of the molecule is COC(=O)CCN(C(=O)c1cc2ccccc2oc1=O)C1CCCCCCC1. The minimum absolute atomic E-state index is 0.0170. The molecule has 1 aliphatic carbocycles. The third-order valence-electron chi connectivity index (χ3n) is 5.43. The van der Waals surface area contributed by atoms with E-state index in [2.05, 4.69) is 0 Å². The number of hydrogen-bond donors (Lipinski definition) is 0. The number of rotatable bonds is 5. The normalized spacial score (nSPS) is 15.6. The van der Waals surface area contributed by atoms with Crippen molar-refractivity contribution in [1.29, 1.82) is 0 Å². The largest absolute Gasteiger partial charge is 0.469 e. The van der Waals surface area contributed by atoms with Gasteiger partial charge in [-0.05, 0) is 25.0 Å². The lowest BCUT2D eigenvalue weighted by molar-refractivity contribution is -0.140. The molecule has 0 N–H and O–H groups in total. The second-order valence-corrected chi connectivity index (χ2v) is 7.31. The fraction of sp³-hybridized carbons (Fsp3) is 0.500. The summed E-state index contributed by atoms with van der Waals surface area (Å²) in [6.45, 7) is 0.239. The van der Waals surface area contributed by atoms with Crippen LogP contribution in [0.2, 0.25) is 0 Å². The van der Waals surface area contributed by atoms with Gasteiger partial charge < -0.3 is 14.1 Å². The number of benzene rings is 1. The molecule has 0 atom stereocenters. The number of hydrogen-bond acceptors (Lipinski definition) is 5. The van der Waals surface area contributed by atoms with Crippen LogP contribution in [0.1, 0.15) is 61.7 Å². The fourth-order valence-electron chi connectivity index (χ4n) is 3.88. The maximum Gasteiger partial charge on any atom is 0.349 e. The number of fused-ring (bicyclic) bond motifs is 1. The molecular weight excluding hydrogens is 358 g/mol. The van der Waals surface area contributed by atoms with Gasteiger partial charge >= 0.3 is 11.6 Å². The molecule has 1 aromatic heterocycles. The van der Waals surface area contributed by atoms with Crippen molar-refractivity contribution in [2.45, 2.75) is 57.4 Å². The second-order valence-electron chi connectivity index (χ2n) is 7.31. The van der Waals surface area contributed by atoms with E-state index in [-0.39, 0.29) is 36.4 Å². The van der Waals surface area contributed by atoms with Crippen LogP contribution in [0.3, 0.4) is 0 Å². The molecule has 0 unspecified atom stereocenters. The summed E-state index contributed by atoms with van der Waals surface area (Å²) in [5, 5.41) is 0.705. The summed E-state index contributed by atoms with van der Waals surface area (Å²) in [4.78, 5) is 39.2. The molecule has 0 radical (unpaired) electrons. The molecule has 1 heterocycles. The quantitative estimate of drug-likeness (QED) is 0.576. The van der Waals surface area contributed by atoms with E-state index in [9.17, 15) is 14.4 Å². The van der Waals surface area contributed by atoms with Crippen molar-refractivity contribution in [3.8, 4) is 0 Å². The molecule has 0 bridgehead atoms. The fourth-order valence-corrected chi connectivity index (χ4v) is 3.88. The van der Waals surface area contributed by atoms with Crippen molar-refractivity contribution >= 4 is 22.8 Å². The van der Waals surface area contributed by atoms with Gasteiger partial charge in [0.05, 0.1) is 13.5 Å². The Balaban J connectivity index is 1.91. The van der Waals surface area contributed by atoms with Crippen LogP contribution in [0.15, 0.2) is 39.5 Å². The lowest BCUT2D eigenvalue weighted by Crippen LogP contribution is -2.43. The highest BCUT2D eigenvalue weighted by molar-refractivity contribution is 5.97. The van der Waals surface area contributed by atoms with Gasteiger partial charge in [-0.25, -0.2) is 4.79 Å². The molecule has 0 spiro atoms. The van der Waals surface area contributed by atoms with Crippen LogP contribution in [-0.4, -0.2) is 36.5 Å². The first-order valence-electron chi connectivity index (χ1n) is 10.0. The first kappa shape index (κ1) is 20.1. The van der Waals surface area contributed by atoms with Crippen LogP contribution < -0.4 is 5.63 Å². The van der Waals surface area contributed by atoms with Crippen molar-refractivity contribution in [1.82, 2.24) is 4.90 Å². The number of nitrogens with zero attached hydrogens (tertiary/aromatic N) is 1. The predicted molar refractivity (Wildman–Crippen MR) is 106 cm³/mol. The number of esters is 1. The number of para-hydroxylation sites is 1. The number of amides is 1. The Labute approximate surface area is 164 Å². The minimum Gasteiger partial charge on any atom is -0.469 e. The van der Waals surface area contributed by atoms with Gasteiger partial charge in [0.15, 0.2) is 0 Å². The Morgan fingerprint density at radius 2 is 1.79 bits per heavy atom. The summed E-state index contributed by atoms with van der Waals surface area (Å²) in [5.74, 6) is -0.733. The summed E-state index contributed by atoms with van der Waals surface area (Å²) in [6, 6.07) is 8.74. The summed E-state index contributed by atoms with van der Waals surface area (Å²) >= 11 is 0. The van der Waals surface area contributed by atoms with E-state index in [0.717, 1.165) is 38.5 Å². The van der Waals surface area contributed by atoms with Crippen molar-refractivity contribution in [2.24, 2.45) is 0 Å². The zero-order valence-electron chi connectivity index (χ0n) is 16.3. The Morgan fingerprint density at radius 3 is 2.50 bits per heavy atom. The standard InChI is InChI=1S/C22H27NO5/c1-27-20(24)13-14-23(17-10-5-3-2-4-6-11-17)21(25)18-15-16-9-7-8-12-19(16)28-22(18)26/h7-9,12,15,17H,2-6,10-11,13-14H2,1H3. The van der Waals surface area contributed by atoms with Crippen LogP contribution in [-0.2, 0) is 9.53 Å². The number of methoxy groups -OCH3 is 1. The molecule has 1 fully saturated rings. The Kier molecular flexibility index (Phi) is 6.85. The molecule has 1 amide bonds. The molecule has 2 aromatic rings. The molecule has 6 heteroatoms. The number of ether oxygens (including phenoxy) is 1. The van der Waals surface area contributed by atoms with Crippen LogP contribution in [0, 0.1) is 0 Å². The van der Waals surface area contributed by atoms with Gasteiger partial charge in [-0.2, -0.15) is 0 Å². The summed E-state index contributed by atoms with van der Waals surface area (Å²) in [6.07, 6.45) is 7.46. The Morgan fingerprint density at radius 1 is 1.11 bits per heavy atom. The first-order valence-corrected chi connectivity index (χ1v) is 10.0. The summed E-state index contributed by atoms with van der Waals surface area (Å²) < 4.78 is 10.1. The van der Waals surface area contributed by atoms with E-state index in [1.807, 2.05) is 12.1 Å². The second kappa shape index (κ2) is 9.53. The lowest BCUT2D eigenvalue weighted by Gasteiger charge is -2.33. The minimum atomic E-state index is -0.641. The first-order chi connectivity index (χ1) is 13.6. The van der Waals surface area contributed by atoms with Gasteiger partial charge in [-0.1, -0.05) is 50.3 Å². The van der Waals surface area contributed by atoms with Gasteiger partial charge in [0.25, 0.3) is 5.91 Å². The zero-order valence-corrected chi connectivity index (χ0v) is 16.3. The van der Waals surface area contributed by atoms with Crippen molar-refractivity contribution < 1.29 is 18.7 Å². The molecule has 28 heavy (non-hydrogen) atoms. The molecule has 0 saturated heterocycles. The van der Waals surface area contributed by atoms with Crippen LogP contribution in [0.5, 0.6) is 0 Å². The van der Waals surface area contributed by atoms with E-state index in [1.54, 1.807) is 23.1 Å².